The van der Waals surface area contributed by atoms with Crippen molar-refractivity contribution in [2.45, 2.75) is 11.4 Å². The fraction of sp³-hybridized carbons (Fsp3) is 0.143. The van der Waals surface area contributed by atoms with Crippen LogP contribution in [0.15, 0.2) is 17.2 Å². The topological polar surface area (TPSA) is 80.0 Å². The average Bonchev–Trinajstić information content (AvgIpc) is 2.13. The van der Waals surface area contributed by atoms with Crippen molar-refractivity contribution in [3.8, 4) is 11.9 Å². The fourth-order valence-corrected chi connectivity index (χ4v) is 1.55. The summed E-state index contributed by atoms with van der Waals surface area (Å²) in [5.74, 6) is -1.07. The van der Waals surface area contributed by atoms with Crippen molar-refractivity contribution in [3.63, 3.8) is 0 Å². The predicted octanol–water partition coefficient (Wildman–Crippen LogP) is 1.78. The van der Waals surface area contributed by atoms with Crippen LogP contribution in [-0.4, -0.2) is 19.8 Å². The van der Waals surface area contributed by atoms with Crippen LogP contribution in [0.2, 0.25) is 0 Å². The number of halogens is 4. The normalized spacial score (nSPS) is 11.9. The number of nitriles is 1. The number of hydrogen-bond acceptors (Lipinski definition) is 5. The number of aromatic nitrogens is 1. The third kappa shape index (κ3) is 4.08. The molecule has 0 aromatic carbocycles. The Hall–Kier alpha value is -1.53. The molecular weight excluding hydrogens is 285 g/mol. The summed E-state index contributed by atoms with van der Waals surface area (Å²) < 4.78 is 60.8. The molecule has 92 valence electrons. The summed E-state index contributed by atoms with van der Waals surface area (Å²) in [7, 11) is 0.543. The summed E-state index contributed by atoms with van der Waals surface area (Å²) >= 11 is 0. The van der Waals surface area contributed by atoms with Crippen molar-refractivity contribution >= 4 is 19.7 Å². The van der Waals surface area contributed by atoms with Crippen LogP contribution >= 0.6 is 10.7 Å². The van der Waals surface area contributed by atoms with E-state index in [1.807, 2.05) is 0 Å². The van der Waals surface area contributed by atoms with Crippen molar-refractivity contribution in [2.75, 3.05) is 0 Å². The van der Waals surface area contributed by atoms with Gasteiger partial charge in [-0.2, -0.15) is 5.26 Å². The Bertz CT molecular complexity index is 579. The largest absolute Gasteiger partial charge is 0.574 e. The molecule has 1 heterocycles. The van der Waals surface area contributed by atoms with E-state index >= 15 is 0 Å². The Kier molecular flexibility index (Phi) is 3.49. The van der Waals surface area contributed by atoms with Crippen molar-refractivity contribution in [3.05, 3.63) is 17.7 Å². The van der Waals surface area contributed by atoms with Gasteiger partial charge in [-0.25, -0.2) is 13.4 Å². The van der Waals surface area contributed by atoms with Gasteiger partial charge in [0.15, 0.2) is 5.03 Å². The maximum absolute atomic E-state index is 11.9. The van der Waals surface area contributed by atoms with Crippen molar-refractivity contribution < 1.29 is 26.3 Å². The Morgan fingerprint density at radius 2 is 2.00 bits per heavy atom. The molecule has 0 saturated carbocycles. The molecule has 1 aromatic rings. The van der Waals surface area contributed by atoms with Crippen LogP contribution < -0.4 is 4.74 Å². The molecule has 17 heavy (non-hydrogen) atoms. The van der Waals surface area contributed by atoms with Gasteiger partial charge in [-0.05, 0) is 6.07 Å². The molecule has 1 rings (SSSR count). The number of rotatable bonds is 2. The van der Waals surface area contributed by atoms with E-state index in [0.29, 0.717) is 6.07 Å². The van der Waals surface area contributed by atoms with Crippen molar-refractivity contribution in [1.82, 2.24) is 4.98 Å². The van der Waals surface area contributed by atoms with E-state index in [-0.39, 0.29) is 5.56 Å². The first-order valence-electron chi connectivity index (χ1n) is 3.74. The van der Waals surface area contributed by atoms with Gasteiger partial charge in [0.2, 0.25) is 5.88 Å². The summed E-state index contributed by atoms with van der Waals surface area (Å²) in [5, 5.41) is 7.61. The maximum Gasteiger partial charge on any atom is 0.574 e. The number of hydrogen-bond donors (Lipinski definition) is 0. The second kappa shape index (κ2) is 4.38. The highest BCUT2D eigenvalue weighted by Gasteiger charge is 2.32. The van der Waals surface area contributed by atoms with Crippen LogP contribution in [0.3, 0.4) is 0 Å². The number of nitrogens with zero attached hydrogens (tertiary/aromatic N) is 2. The second-order valence-electron chi connectivity index (χ2n) is 2.63. The highest BCUT2D eigenvalue weighted by molar-refractivity contribution is 8.13. The summed E-state index contributed by atoms with van der Waals surface area (Å²) in [5.41, 5.74) is -0.376. The van der Waals surface area contributed by atoms with Gasteiger partial charge in [0.1, 0.15) is 0 Å². The van der Waals surface area contributed by atoms with E-state index in [4.69, 9.17) is 15.9 Å². The third-order valence-corrected chi connectivity index (χ3v) is 2.56. The van der Waals surface area contributed by atoms with Gasteiger partial charge >= 0.3 is 6.36 Å². The summed E-state index contributed by atoms with van der Waals surface area (Å²) in [6, 6.07) is 2.82. The summed E-state index contributed by atoms with van der Waals surface area (Å²) in [6.07, 6.45) is -5.05. The molecule has 0 aliphatic carbocycles. The number of ether oxygens (including phenoxy) is 1. The molecule has 0 fully saturated rings. The molecule has 0 aliphatic heterocycles. The lowest BCUT2D eigenvalue weighted by Gasteiger charge is -2.08. The number of alkyl halides is 3. The monoisotopic (exact) mass is 286 g/mol. The SMILES string of the molecule is N#Cc1cc(OC(F)(F)F)nc(S(=O)(=O)Cl)c1. The Morgan fingerprint density at radius 1 is 1.41 bits per heavy atom. The molecule has 0 saturated heterocycles. The van der Waals surface area contributed by atoms with Crippen LogP contribution in [0.5, 0.6) is 5.88 Å². The lowest BCUT2D eigenvalue weighted by Crippen LogP contribution is -2.18. The van der Waals surface area contributed by atoms with Gasteiger partial charge in [0.25, 0.3) is 9.05 Å². The molecular formula is C7H2ClF3N2O3S. The lowest BCUT2D eigenvalue weighted by molar-refractivity contribution is -0.276. The van der Waals surface area contributed by atoms with Gasteiger partial charge in [-0.15, -0.1) is 13.2 Å². The zero-order valence-electron chi connectivity index (χ0n) is 7.69. The first-order chi connectivity index (χ1) is 7.62. The molecule has 0 bridgehead atoms. The minimum atomic E-state index is -5.05. The minimum Gasteiger partial charge on any atom is -0.388 e. The second-order valence-corrected chi connectivity index (χ2v) is 5.14. The van der Waals surface area contributed by atoms with Gasteiger partial charge in [0, 0.05) is 16.7 Å². The fourth-order valence-electron chi connectivity index (χ4n) is 0.841. The standard InChI is InChI=1S/C7H2ClF3N2O3S/c8-17(14,15)6-2-4(3-12)1-5(13-6)16-7(9,10)11/h1-2H. The van der Waals surface area contributed by atoms with E-state index < -0.39 is 26.3 Å². The summed E-state index contributed by atoms with van der Waals surface area (Å²) in [6.45, 7) is 0. The summed E-state index contributed by atoms with van der Waals surface area (Å²) in [4.78, 5) is 3.02. The highest BCUT2D eigenvalue weighted by Crippen LogP contribution is 2.24. The Morgan fingerprint density at radius 3 is 2.41 bits per heavy atom. The molecule has 0 N–H and O–H groups in total. The molecule has 0 unspecified atom stereocenters. The molecule has 0 spiro atoms. The minimum absolute atomic E-state index is 0.376. The predicted molar refractivity (Wildman–Crippen MR) is 48.7 cm³/mol. The average molecular weight is 287 g/mol. The van der Waals surface area contributed by atoms with E-state index in [0.717, 1.165) is 6.07 Å². The zero-order chi connectivity index (χ0) is 13.3. The molecule has 0 radical (unpaired) electrons. The van der Waals surface area contributed by atoms with Gasteiger partial charge in [0.05, 0.1) is 11.6 Å². The van der Waals surface area contributed by atoms with Crippen LogP contribution in [-0.2, 0) is 9.05 Å². The first-order valence-corrected chi connectivity index (χ1v) is 6.05. The van der Waals surface area contributed by atoms with Gasteiger partial charge in [-0.1, -0.05) is 0 Å². The van der Waals surface area contributed by atoms with Gasteiger partial charge in [-0.3, -0.25) is 0 Å². The van der Waals surface area contributed by atoms with Crippen LogP contribution in [0.25, 0.3) is 0 Å². The van der Waals surface area contributed by atoms with E-state index in [2.05, 4.69) is 9.72 Å². The Balaban J connectivity index is 3.31. The van der Waals surface area contributed by atoms with Crippen molar-refractivity contribution in [2.24, 2.45) is 0 Å². The van der Waals surface area contributed by atoms with Crippen LogP contribution in [0.1, 0.15) is 5.56 Å². The van der Waals surface area contributed by atoms with E-state index in [1.54, 1.807) is 0 Å². The molecule has 10 heteroatoms. The molecule has 1 aromatic heterocycles. The van der Waals surface area contributed by atoms with E-state index in [9.17, 15) is 21.6 Å². The lowest BCUT2D eigenvalue weighted by atomic mass is 10.3. The van der Waals surface area contributed by atoms with Crippen LogP contribution in [0, 0.1) is 11.3 Å². The Labute approximate surface area is 97.8 Å². The molecule has 0 aliphatic rings. The quantitative estimate of drug-likeness (QED) is 0.774. The molecule has 5 nitrogen and oxygen atoms in total. The van der Waals surface area contributed by atoms with E-state index in [1.165, 1.54) is 6.07 Å². The smallest absolute Gasteiger partial charge is 0.388 e. The third-order valence-electron chi connectivity index (χ3n) is 1.38. The van der Waals surface area contributed by atoms with Crippen molar-refractivity contribution in [1.29, 1.82) is 5.26 Å². The number of pyridine rings is 1. The first kappa shape index (κ1) is 13.5. The highest BCUT2D eigenvalue weighted by atomic mass is 35.7. The molecule has 0 atom stereocenters. The van der Waals surface area contributed by atoms with Crippen LogP contribution in [0.4, 0.5) is 13.2 Å². The zero-order valence-corrected chi connectivity index (χ0v) is 9.27. The molecule has 0 amide bonds. The maximum atomic E-state index is 11.9. The van der Waals surface area contributed by atoms with Gasteiger partial charge < -0.3 is 4.74 Å².